The molecule has 29 heavy (non-hydrogen) atoms. The number of thioether (sulfide) groups is 1. The SMILES string of the molecule is CCn1c(SCC(=O)Nc2cc(C)ccc2C)nnc1C(C)Oc1ccccc1. The number of carbonyl (C=O) groups excluding carboxylic acids is 1. The summed E-state index contributed by atoms with van der Waals surface area (Å²) in [7, 11) is 0. The van der Waals surface area contributed by atoms with Crippen LogP contribution in [-0.2, 0) is 11.3 Å². The molecule has 1 atom stereocenters. The topological polar surface area (TPSA) is 69.0 Å². The lowest BCUT2D eigenvalue weighted by Gasteiger charge is -2.15. The highest BCUT2D eigenvalue weighted by atomic mass is 32.2. The van der Waals surface area contributed by atoms with Gasteiger partial charge in [-0.15, -0.1) is 10.2 Å². The number of amides is 1. The van der Waals surface area contributed by atoms with Crippen molar-refractivity contribution in [2.45, 2.75) is 45.5 Å². The second-order valence-electron chi connectivity index (χ2n) is 6.81. The Morgan fingerprint density at radius 2 is 1.93 bits per heavy atom. The van der Waals surface area contributed by atoms with E-state index >= 15 is 0 Å². The Morgan fingerprint density at radius 3 is 2.66 bits per heavy atom. The van der Waals surface area contributed by atoms with Crippen LogP contribution in [0.5, 0.6) is 5.75 Å². The molecule has 0 aliphatic carbocycles. The van der Waals surface area contributed by atoms with Crippen molar-refractivity contribution in [2.24, 2.45) is 0 Å². The maximum atomic E-state index is 12.4. The lowest BCUT2D eigenvalue weighted by Crippen LogP contribution is -2.16. The Balaban J connectivity index is 1.64. The zero-order valence-corrected chi connectivity index (χ0v) is 18.0. The summed E-state index contributed by atoms with van der Waals surface area (Å²) in [6, 6.07) is 15.7. The Morgan fingerprint density at radius 1 is 1.17 bits per heavy atom. The normalized spacial score (nSPS) is 11.9. The number of nitrogens with zero attached hydrogens (tertiary/aromatic N) is 3. The molecular formula is C22H26N4O2S. The summed E-state index contributed by atoms with van der Waals surface area (Å²) in [5, 5.41) is 12.3. The number of rotatable bonds is 8. The Kier molecular flexibility index (Phi) is 6.93. The maximum absolute atomic E-state index is 12.4. The molecule has 0 spiro atoms. The van der Waals surface area contributed by atoms with Crippen LogP contribution in [0.4, 0.5) is 5.69 Å². The van der Waals surface area contributed by atoms with Gasteiger partial charge in [0, 0.05) is 12.2 Å². The van der Waals surface area contributed by atoms with Crippen molar-refractivity contribution in [1.29, 1.82) is 0 Å². The van der Waals surface area contributed by atoms with Crippen molar-refractivity contribution in [3.63, 3.8) is 0 Å². The molecule has 1 heterocycles. The van der Waals surface area contributed by atoms with E-state index in [1.165, 1.54) is 11.8 Å². The summed E-state index contributed by atoms with van der Waals surface area (Å²) in [6.45, 7) is 8.67. The monoisotopic (exact) mass is 410 g/mol. The molecule has 0 aliphatic rings. The van der Waals surface area contributed by atoms with Crippen molar-refractivity contribution in [1.82, 2.24) is 14.8 Å². The molecule has 1 unspecified atom stereocenters. The van der Waals surface area contributed by atoms with Gasteiger partial charge >= 0.3 is 0 Å². The number of nitrogens with one attached hydrogen (secondary N) is 1. The van der Waals surface area contributed by atoms with Crippen LogP contribution in [0.15, 0.2) is 53.7 Å². The number of ether oxygens (including phenoxy) is 1. The lowest BCUT2D eigenvalue weighted by atomic mass is 10.1. The van der Waals surface area contributed by atoms with Crippen LogP contribution >= 0.6 is 11.8 Å². The van der Waals surface area contributed by atoms with Crippen LogP contribution in [-0.4, -0.2) is 26.4 Å². The Labute approximate surface area is 175 Å². The second-order valence-corrected chi connectivity index (χ2v) is 7.76. The minimum absolute atomic E-state index is 0.0653. The molecule has 2 aromatic carbocycles. The van der Waals surface area contributed by atoms with Gasteiger partial charge < -0.3 is 14.6 Å². The van der Waals surface area contributed by atoms with Gasteiger partial charge in [-0.25, -0.2) is 0 Å². The largest absolute Gasteiger partial charge is 0.483 e. The number of benzene rings is 2. The number of aryl methyl sites for hydroxylation is 2. The first-order chi connectivity index (χ1) is 14.0. The summed E-state index contributed by atoms with van der Waals surface area (Å²) in [5.74, 6) is 1.73. The van der Waals surface area contributed by atoms with Crippen LogP contribution in [0.1, 0.15) is 36.9 Å². The number of carbonyl (C=O) groups is 1. The Bertz CT molecular complexity index is 972. The standard InChI is InChI=1S/C22H26N4O2S/c1-5-26-21(17(4)28-18-9-7-6-8-10-18)24-25-22(26)29-14-20(27)23-19-13-15(2)11-12-16(19)3/h6-13,17H,5,14H2,1-4H3,(H,23,27). The molecule has 1 N–H and O–H groups in total. The van der Waals surface area contributed by atoms with Crippen molar-refractivity contribution in [3.05, 3.63) is 65.5 Å². The summed E-state index contributed by atoms with van der Waals surface area (Å²) in [5.41, 5.74) is 3.00. The summed E-state index contributed by atoms with van der Waals surface area (Å²) in [4.78, 5) is 12.4. The third kappa shape index (κ3) is 5.38. The summed E-state index contributed by atoms with van der Waals surface area (Å²) in [6.07, 6.45) is -0.247. The molecule has 0 radical (unpaired) electrons. The molecule has 0 bridgehead atoms. The highest BCUT2D eigenvalue weighted by Gasteiger charge is 2.19. The molecule has 1 amide bonds. The molecule has 0 aliphatic heterocycles. The molecule has 3 aromatic rings. The number of para-hydroxylation sites is 1. The minimum atomic E-state index is -0.247. The van der Waals surface area contributed by atoms with Crippen LogP contribution in [0.3, 0.4) is 0 Å². The van der Waals surface area contributed by atoms with E-state index in [2.05, 4.69) is 15.5 Å². The highest BCUT2D eigenvalue weighted by molar-refractivity contribution is 7.99. The molecule has 7 heteroatoms. The fraction of sp³-hybridized carbons (Fsp3) is 0.318. The van der Waals surface area contributed by atoms with E-state index in [0.29, 0.717) is 11.7 Å². The number of hydrogen-bond acceptors (Lipinski definition) is 5. The number of anilines is 1. The molecule has 1 aromatic heterocycles. The fourth-order valence-corrected chi connectivity index (χ4v) is 3.76. The number of hydrogen-bond donors (Lipinski definition) is 1. The van der Waals surface area contributed by atoms with E-state index in [1.54, 1.807) is 0 Å². The molecule has 0 saturated carbocycles. The first-order valence-corrected chi connectivity index (χ1v) is 10.6. The zero-order valence-electron chi connectivity index (χ0n) is 17.2. The van der Waals surface area contributed by atoms with Gasteiger partial charge in [0.15, 0.2) is 17.1 Å². The van der Waals surface area contributed by atoms with Gasteiger partial charge in [0.25, 0.3) is 0 Å². The van der Waals surface area contributed by atoms with E-state index < -0.39 is 0 Å². The van der Waals surface area contributed by atoms with E-state index in [0.717, 1.165) is 28.4 Å². The van der Waals surface area contributed by atoms with Crippen molar-refractivity contribution >= 4 is 23.4 Å². The number of aromatic nitrogens is 3. The zero-order chi connectivity index (χ0) is 20.8. The average Bonchev–Trinajstić information content (AvgIpc) is 3.13. The van der Waals surface area contributed by atoms with Gasteiger partial charge in [0.05, 0.1) is 5.75 Å². The van der Waals surface area contributed by atoms with Gasteiger partial charge in [0.1, 0.15) is 5.75 Å². The van der Waals surface area contributed by atoms with E-state index in [1.807, 2.05) is 80.8 Å². The van der Waals surface area contributed by atoms with Crippen molar-refractivity contribution in [3.8, 4) is 5.75 Å². The predicted octanol–water partition coefficient (Wildman–Crippen LogP) is 4.79. The van der Waals surface area contributed by atoms with E-state index in [4.69, 9.17) is 4.74 Å². The third-order valence-electron chi connectivity index (χ3n) is 4.48. The van der Waals surface area contributed by atoms with Crippen molar-refractivity contribution in [2.75, 3.05) is 11.1 Å². The second kappa shape index (κ2) is 9.60. The maximum Gasteiger partial charge on any atom is 0.234 e. The molecule has 0 fully saturated rings. The smallest absolute Gasteiger partial charge is 0.234 e. The van der Waals surface area contributed by atoms with Gasteiger partial charge in [-0.05, 0) is 57.0 Å². The Hall–Kier alpha value is -2.80. The highest BCUT2D eigenvalue weighted by Crippen LogP contribution is 2.25. The quantitative estimate of drug-likeness (QED) is 0.541. The lowest BCUT2D eigenvalue weighted by molar-refractivity contribution is -0.113. The first-order valence-electron chi connectivity index (χ1n) is 9.62. The molecule has 152 valence electrons. The molecular weight excluding hydrogens is 384 g/mol. The van der Waals surface area contributed by atoms with Gasteiger partial charge in [-0.2, -0.15) is 0 Å². The van der Waals surface area contributed by atoms with E-state index in [9.17, 15) is 4.79 Å². The predicted molar refractivity (Wildman–Crippen MR) is 116 cm³/mol. The summed E-state index contributed by atoms with van der Waals surface area (Å²) >= 11 is 1.38. The van der Waals surface area contributed by atoms with Gasteiger partial charge in [-0.3, -0.25) is 4.79 Å². The van der Waals surface area contributed by atoms with E-state index in [-0.39, 0.29) is 17.8 Å². The summed E-state index contributed by atoms with van der Waals surface area (Å²) < 4.78 is 7.96. The molecule has 6 nitrogen and oxygen atoms in total. The fourth-order valence-electron chi connectivity index (χ4n) is 2.95. The molecule has 0 saturated heterocycles. The van der Waals surface area contributed by atoms with Crippen LogP contribution in [0.2, 0.25) is 0 Å². The van der Waals surface area contributed by atoms with Gasteiger partial charge in [0.2, 0.25) is 5.91 Å². The first kappa shape index (κ1) is 20.9. The average molecular weight is 411 g/mol. The third-order valence-corrected chi connectivity index (χ3v) is 5.45. The minimum Gasteiger partial charge on any atom is -0.483 e. The molecule has 3 rings (SSSR count). The van der Waals surface area contributed by atoms with Gasteiger partial charge in [-0.1, -0.05) is 42.1 Å². The van der Waals surface area contributed by atoms with Crippen LogP contribution in [0.25, 0.3) is 0 Å². The van der Waals surface area contributed by atoms with Crippen LogP contribution < -0.4 is 10.1 Å². The van der Waals surface area contributed by atoms with Crippen LogP contribution in [0, 0.1) is 13.8 Å². The van der Waals surface area contributed by atoms with Crippen molar-refractivity contribution < 1.29 is 9.53 Å².